The highest BCUT2D eigenvalue weighted by molar-refractivity contribution is 5.78. The van der Waals surface area contributed by atoms with Crippen molar-refractivity contribution in [1.29, 1.82) is 0 Å². The Kier molecular flexibility index (Phi) is 5.11. The van der Waals surface area contributed by atoms with Crippen molar-refractivity contribution < 1.29 is 9.32 Å². The number of piperidine rings is 1. The molecule has 1 atom stereocenters. The number of amides is 1. The number of hydrogen-bond acceptors (Lipinski definition) is 5. The van der Waals surface area contributed by atoms with Gasteiger partial charge in [0.1, 0.15) is 0 Å². The summed E-state index contributed by atoms with van der Waals surface area (Å²) in [6.45, 7) is 8.53. The maximum absolute atomic E-state index is 11.9. The molecule has 0 spiro atoms. The molecular formula is C14H24N4O2. The molecule has 1 aliphatic rings. The van der Waals surface area contributed by atoms with E-state index in [1.807, 2.05) is 6.92 Å². The number of carbonyl (C=O) groups is 1. The minimum absolute atomic E-state index is 0.121. The standard InChI is InChI=1S/C14H24N4O2/c1-4-7-15-13(19)12-5-8-18(9-6-12)10(2)14-16-11(3)17-20-14/h10,12H,4-9H2,1-3H3,(H,15,19). The minimum atomic E-state index is 0.121. The van der Waals surface area contributed by atoms with Gasteiger partial charge in [-0.3, -0.25) is 9.69 Å². The van der Waals surface area contributed by atoms with Crippen molar-refractivity contribution in [2.45, 2.75) is 46.1 Å². The van der Waals surface area contributed by atoms with Crippen molar-refractivity contribution >= 4 is 5.91 Å². The molecule has 2 heterocycles. The van der Waals surface area contributed by atoms with Crippen molar-refractivity contribution in [2.75, 3.05) is 19.6 Å². The number of hydrogen-bond donors (Lipinski definition) is 1. The van der Waals surface area contributed by atoms with E-state index >= 15 is 0 Å². The molecule has 6 heteroatoms. The van der Waals surface area contributed by atoms with Gasteiger partial charge in [-0.05, 0) is 46.2 Å². The molecule has 20 heavy (non-hydrogen) atoms. The van der Waals surface area contributed by atoms with E-state index in [4.69, 9.17) is 4.52 Å². The van der Waals surface area contributed by atoms with Crippen LogP contribution in [0.2, 0.25) is 0 Å². The molecule has 1 aromatic heterocycles. The first-order chi connectivity index (χ1) is 9.61. The number of nitrogens with zero attached hydrogens (tertiary/aromatic N) is 3. The fourth-order valence-corrected chi connectivity index (χ4v) is 2.58. The Morgan fingerprint density at radius 3 is 2.75 bits per heavy atom. The predicted octanol–water partition coefficient (Wildman–Crippen LogP) is 1.68. The van der Waals surface area contributed by atoms with Crippen molar-refractivity contribution in [3.63, 3.8) is 0 Å². The summed E-state index contributed by atoms with van der Waals surface area (Å²) in [5.41, 5.74) is 0. The van der Waals surface area contributed by atoms with E-state index in [0.29, 0.717) is 11.7 Å². The fraction of sp³-hybridized carbons (Fsp3) is 0.786. The highest BCUT2D eigenvalue weighted by Gasteiger charge is 2.29. The zero-order valence-electron chi connectivity index (χ0n) is 12.6. The monoisotopic (exact) mass is 280 g/mol. The number of rotatable bonds is 5. The maximum Gasteiger partial charge on any atom is 0.243 e. The molecule has 1 N–H and O–H groups in total. The van der Waals surface area contributed by atoms with Crippen LogP contribution in [-0.2, 0) is 4.79 Å². The molecule has 1 saturated heterocycles. The van der Waals surface area contributed by atoms with Crippen LogP contribution in [0.15, 0.2) is 4.52 Å². The summed E-state index contributed by atoms with van der Waals surface area (Å²) >= 11 is 0. The zero-order valence-corrected chi connectivity index (χ0v) is 12.6. The number of likely N-dealkylation sites (tertiary alicyclic amines) is 1. The maximum atomic E-state index is 11.9. The molecule has 2 rings (SSSR count). The summed E-state index contributed by atoms with van der Waals surface area (Å²) < 4.78 is 5.22. The lowest BCUT2D eigenvalue weighted by Gasteiger charge is -2.33. The topological polar surface area (TPSA) is 71.3 Å². The lowest BCUT2D eigenvalue weighted by atomic mass is 9.95. The first kappa shape index (κ1) is 15.0. The van der Waals surface area contributed by atoms with E-state index in [1.165, 1.54) is 0 Å². The van der Waals surface area contributed by atoms with E-state index in [2.05, 4.69) is 34.2 Å². The quantitative estimate of drug-likeness (QED) is 0.888. The Labute approximate surface area is 119 Å². The van der Waals surface area contributed by atoms with Gasteiger partial charge in [0.2, 0.25) is 11.8 Å². The summed E-state index contributed by atoms with van der Waals surface area (Å²) in [5, 5.41) is 6.82. The van der Waals surface area contributed by atoms with Crippen LogP contribution in [0.5, 0.6) is 0 Å². The van der Waals surface area contributed by atoms with Gasteiger partial charge in [-0.25, -0.2) is 0 Å². The summed E-state index contributed by atoms with van der Waals surface area (Å²) in [7, 11) is 0. The number of aryl methyl sites for hydroxylation is 1. The SMILES string of the molecule is CCCNC(=O)C1CCN(C(C)c2nc(C)no2)CC1. The summed E-state index contributed by atoms with van der Waals surface area (Å²) in [6.07, 6.45) is 2.78. The van der Waals surface area contributed by atoms with E-state index in [-0.39, 0.29) is 17.9 Å². The van der Waals surface area contributed by atoms with Gasteiger partial charge in [-0.15, -0.1) is 0 Å². The average Bonchev–Trinajstić information content (AvgIpc) is 2.90. The van der Waals surface area contributed by atoms with Gasteiger partial charge in [0.05, 0.1) is 6.04 Å². The highest BCUT2D eigenvalue weighted by atomic mass is 16.5. The molecule has 1 aromatic rings. The number of nitrogens with one attached hydrogen (secondary N) is 1. The first-order valence-electron chi connectivity index (χ1n) is 7.43. The van der Waals surface area contributed by atoms with Crippen molar-refractivity contribution in [1.82, 2.24) is 20.4 Å². The van der Waals surface area contributed by atoms with Gasteiger partial charge >= 0.3 is 0 Å². The molecule has 1 amide bonds. The van der Waals surface area contributed by atoms with Crippen molar-refractivity contribution in [2.24, 2.45) is 5.92 Å². The van der Waals surface area contributed by atoms with Gasteiger partial charge in [0.15, 0.2) is 5.82 Å². The number of aromatic nitrogens is 2. The first-order valence-corrected chi connectivity index (χ1v) is 7.43. The Hall–Kier alpha value is -1.43. The van der Waals surface area contributed by atoms with E-state index in [0.717, 1.165) is 38.9 Å². The Morgan fingerprint density at radius 1 is 1.50 bits per heavy atom. The second-order valence-electron chi connectivity index (χ2n) is 5.46. The molecule has 1 fully saturated rings. The van der Waals surface area contributed by atoms with Gasteiger partial charge in [0, 0.05) is 12.5 Å². The molecule has 0 aliphatic carbocycles. The van der Waals surface area contributed by atoms with E-state index in [1.54, 1.807) is 0 Å². The van der Waals surface area contributed by atoms with Crippen LogP contribution in [0.1, 0.15) is 50.9 Å². The smallest absolute Gasteiger partial charge is 0.243 e. The second kappa shape index (κ2) is 6.83. The fourth-order valence-electron chi connectivity index (χ4n) is 2.58. The zero-order chi connectivity index (χ0) is 14.5. The molecule has 1 aliphatic heterocycles. The lowest BCUT2D eigenvalue weighted by Crippen LogP contribution is -2.41. The van der Waals surface area contributed by atoms with Crippen LogP contribution in [-0.4, -0.2) is 40.6 Å². The number of carbonyl (C=O) groups excluding carboxylic acids is 1. The lowest BCUT2D eigenvalue weighted by molar-refractivity contribution is -0.126. The van der Waals surface area contributed by atoms with Gasteiger partial charge in [-0.2, -0.15) is 4.98 Å². The summed E-state index contributed by atoms with van der Waals surface area (Å²) in [4.78, 5) is 18.5. The van der Waals surface area contributed by atoms with Crippen LogP contribution in [0, 0.1) is 12.8 Å². The Bertz CT molecular complexity index is 438. The molecule has 0 aromatic carbocycles. The molecule has 6 nitrogen and oxygen atoms in total. The van der Waals surface area contributed by atoms with Crippen LogP contribution in [0.3, 0.4) is 0 Å². The molecule has 0 bridgehead atoms. The molecule has 1 unspecified atom stereocenters. The molecule has 0 saturated carbocycles. The highest BCUT2D eigenvalue weighted by Crippen LogP contribution is 2.25. The van der Waals surface area contributed by atoms with Gasteiger partial charge < -0.3 is 9.84 Å². The third-order valence-corrected chi connectivity index (χ3v) is 3.90. The van der Waals surface area contributed by atoms with Crippen LogP contribution >= 0.6 is 0 Å². The largest absolute Gasteiger partial charge is 0.356 e. The van der Waals surface area contributed by atoms with Crippen LogP contribution in [0.4, 0.5) is 0 Å². The van der Waals surface area contributed by atoms with Crippen molar-refractivity contribution in [3.8, 4) is 0 Å². The van der Waals surface area contributed by atoms with E-state index < -0.39 is 0 Å². The molecular weight excluding hydrogens is 256 g/mol. The predicted molar refractivity (Wildman–Crippen MR) is 75.0 cm³/mol. The van der Waals surface area contributed by atoms with Crippen LogP contribution in [0.25, 0.3) is 0 Å². The van der Waals surface area contributed by atoms with Gasteiger partial charge in [0.25, 0.3) is 0 Å². The summed E-state index contributed by atoms with van der Waals surface area (Å²) in [5.74, 6) is 1.68. The normalized spacial score (nSPS) is 18.9. The Morgan fingerprint density at radius 2 is 2.20 bits per heavy atom. The third kappa shape index (κ3) is 3.56. The van der Waals surface area contributed by atoms with Crippen LogP contribution < -0.4 is 5.32 Å². The molecule has 0 radical (unpaired) electrons. The third-order valence-electron chi connectivity index (χ3n) is 3.90. The van der Waals surface area contributed by atoms with Gasteiger partial charge in [-0.1, -0.05) is 12.1 Å². The Balaban J connectivity index is 1.83. The van der Waals surface area contributed by atoms with Crippen molar-refractivity contribution in [3.05, 3.63) is 11.7 Å². The minimum Gasteiger partial charge on any atom is -0.356 e. The summed E-state index contributed by atoms with van der Waals surface area (Å²) in [6, 6.07) is 0.121. The average molecular weight is 280 g/mol. The second-order valence-corrected chi connectivity index (χ2v) is 5.46. The molecule has 112 valence electrons. The van der Waals surface area contributed by atoms with E-state index in [9.17, 15) is 4.79 Å².